The Morgan fingerprint density at radius 3 is 2.36 bits per heavy atom. The number of ether oxygens (including phenoxy) is 1. The first kappa shape index (κ1) is 14.2. The summed E-state index contributed by atoms with van der Waals surface area (Å²) in [4.78, 5) is 20.2. The molecular formula is C18H16N2O2. The topological polar surface area (TPSA) is 51.5 Å². The smallest absolute Gasteiger partial charge is 0.363 e. The van der Waals surface area contributed by atoms with Gasteiger partial charge >= 0.3 is 5.97 Å². The van der Waals surface area contributed by atoms with Crippen LogP contribution in [0, 0.1) is 0 Å². The molecule has 4 nitrogen and oxygen atoms in total. The Hall–Kier alpha value is -2.75. The van der Waals surface area contributed by atoms with Gasteiger partial charge in [0.05, 0.1) is 0 Å². The number of carbonyl (C=O) groups excluding carboxylic acids is 1. The molecule has 0 atom stereocenters. The van der Waals surface area contributed by atoms with Crippen molar-refractivity contribution in [2.24, 2.45) is 4.99 Å². The highest BCUT2D eigenvalue weighted by atomic mass is 16.6. The SMILES string of the molecule is CC(C)c1ccc(C2=N/C(=C\c3ccncc3)C(=O)O2)cc1. The molecule has 1 aromatic heterocycles. The fourth-order valence-electron chi connectivity index (χ4n) is 2.16. The molecule has 0 amide bonds. The lowest BCUT2D eigenvalue weighted by molar-refractivity contribution is -0.129. The molecule has 0 N–H and O–H groups in total. The number of benzene rings is 1. The first-order valence-electron chi connectivity index (χ1n) is 7.16. The number of aliphatic imine (C=N–C) groups is 1. The maximum atomic E-state index is 11.9. The third-order valence-corrected chi connectivity index (χ3v) is 3.45. The van der Waals surface area contributed by atoms with Crippen molar-refractivity contribution in [3.63, 3.8) is 0 Å². The number of aromatic nitrogens is 1. The van der Waals surface area contributed by atoms with Crippen LogP contribution in [0.25, 0.3) is 6.08 Å². The minimum Gasteiger partial charge on any atom is -0.402 e. The minimum atomic E-state index is -0.431. The number of hydrogen-bond donors (Lipinski definition) is 0. The first-order valence-corrected chi connectivity index (χ1v) is 7.16. The van der Waals surface area contributed by atoms with E-state index in [0.29, 0.717) is 17.5 Å². The molecule has 2 aromatic rings. The van der Waals surface area contributed by atoms with Crippen molar-refractivity contribution in [2.45, 2.75) is 19.8 Å². The Morgan fingerprint density at radius 2 is 1.73 bits per heavy atom. The van der Waals surface area contributed by atoms with Gasteiger partial charge in [-0.15, -0.1) is 0 Å². The van der Waals surface area contributed by atoms with E-state index >= 15 is 0 Å². The Bertz CT molecular complexity index is 744. The third kappa shape index (κ3) is 2.96. The number of rotatable bonds is 3. The molecule has 1 aromatic carbocycles. The van der Waals surface area contributed by atoms with E-state index in [1.807, 2.05) is 36.4 Å². The van der Waals surface area contributed by atoms with E-state index in [1.165, 1.54) is 5.56 Å². The molecule has 0 saturated carbocycles. The summed E-state index contributed by atoms with van der Waals surface area (Å²) in [6.45, 7) is 4.27. The van der Waals surface area contributed by atoms with Crippen molar-refractivity contribution in [3.05, 3.63) is 71.2 Å². The summed E-state index contributed by atoms with van der Waals surface area (Å²) in [6, 6.07) is 11.5. The van der Waals surface area contributed by atoms with Crippen LogP contribution in [-0.4, -0.2) is 16.9 Å². The molecule has 22 heavy (non-hydrogen) atoms. The van der Waals surface area contributed by atoms with Gasteiger partial charge in [-0.3, -0.25) is 4.98 Å². The summed E-state index contributed by atoms with van der Waals surface area (Å²) in [7, 11) is 0. The number of hydrogen-bond acceptors (Lipinski definition) is 4. The zero-order valence-electron chi connectivity index (χ0n) is 12.5. The van der Waals surface area contributed by atoms with E-state index in [-0.39, 0.29) is 0 Å². The Kier molecular flexibility index (Phi) is 3.83. The molecule has 0 radical (unpaired) electrons. The molecule has 0 spiro atoms. The van der Waals surface area contributed by atoms with Crippen molar-refractivity contribution in [2.75, 3.05) is 0 Å². The van der Waals surface area contributed by atoms with Gasteiger partial charge in [-0.1, -0.05) is 26.0 Å². The van der Waals surface area contributed by atoms with Crippen molar-refractivity contribution in [1.29, 1.82) is 0 Å². The lowest BCUT2D eigenvalue weighted by atomic mass is 10.0. The molecule has 0 bridgehead atoms. The monoisotopic (exact) mass is 292 g/mol. The summed E-state index contributed by atoms with van der Waals surface area (Å²) >= 11 is 0. The maximum Gasteiger partial charge on any atom is 0.363 e. The summed E-state index contributed by atoms with van der Waals surface area (Å²) in [5.74, 6) is 0.379. The molecule has 0 saturated heterocycles. The van der Waals surface area contributed by atoms with Gasteiger partial charge in [0.25, 0.3) is 0 Å². The summed E-state index contributed by atoms with van der Waals surface area (Å²) in [5, 5.41) is 0. The van der Waals surface area contributed by atoms with Gasteiger partial charge in [0.1, 0.15) is 0 Å². The van der Waals surface area contributed by atoms with Crippen LogP contribution in [0.2, 0.25) is 0 Å². The van der Waals surface area contributed by atoms with E-state index < -0.39 is 5.97 Å². The van der Waals surface area contributed by atoms with Gasteiger partial charge in [-0.05, 0) is 47.4 Å². The van der Waals surface area contributed by atoms with E-state index in [0.717, 1.165) is 11.1 Å². The molecule has 0 aliphatic carbocycles. The minimum absolute atomic E-state index is 0.300. The van der Waals surface area contributed by atoms with E-state index in [4.69, 9.17) is 4.74 Å². The van der Waals surface area contributed by atoms with E-state index in [2.05, 4.69) is 23.8 Å². The Balaban J connectivity index is 1.88. The quantitative estimate of drug-likeness (QED) is 0.642. The van der Waals surface area contributed by atoms with Crippen LogP contribution in [0.5, 0.6) is 0 Å². The van der Waals surface area contributed by atoms with Crippen molar-refractivity contribution < 1.29 is 9.53 Å². The van der Waals surface area contributed by atoms with Crippen LogP contribution in [0.15, 0.2) is 59.5 Å². The number of cyclic esters (lactones) is 1. The van der Waals surface area contributed by atoms with Crippen LogP contribution >= 0.6 is 0 Å². The number of pyridine rings is 1. The second-order valence-corrected chi connectivity index (χ2v) is 5.39. The average Bonchev–Trinajstić information content (AvgIpc) is 2.89. The first-order chi connectivity index (χ1) is 10.6. The predicted octanol–water partition coefficient (Wildman–Crippen LogP) is 3.55. The average molecular weight is 292 g/mol. The number of nitrogens with zero attached hydrogens (tertiary/aromatic N) is 2. The van der Waals surface area contributed by atoms with Crippen LogP contribution in [0.3, 0.4) is 0 Å². The van der Waals surface area contributed by atoms with Gasteiger partial charge in [0, 0.05) is 18.0 Å². The number of carbonyl (C=O) groups is 1. The Morgan fingerprint density at radius 1 is 1.05 bits per heavy atom. The molecule has 3 rings (SSSR count). The summed E-state index contributed by atoms with van der Waals surface area (Å²) in [5.41, 5.74) is 3.20. The van der Waals surface area contributed by atoms with Crippen LogP contribution < -0.4 is 0 Å². The standard InChI is InChI=1S/C18H16N2O2/c1-12(2)14-3-5-15(6-4-14)17-20-16(18(21)22-17)11-13-7-9-19-10-8-13/h3-12H,1-2H3/b16-11-. The molecule has 110 valence electrons. The second-order valence-electron chi connectivity index (χ2n) is 5.39. The predicted molar refractivity (Wildman–Crippen MR) is 85.4 cm³/mol. The molecule has 2 heterocycles. The van der Waals surface area contributed by atoms with Crippen LogP contribution in [0.4, 0.5) is 0 Å². The summed E-state index contributed by atoms with van der Waals surface area (Å²) < 4.78 is 5.26. The normalized spacial score (nSPS) is 16.0. The Labute approximate surface area is 129 Å². The zero-order chi connectivity index (χ0) is 15.5. The fraction of sp³-hybridized carbons (Fsp3) is 0.167. The third-order valence-electron chi connectivity index (χ3n) is 3.45. The molecule has 0 fully saturated rings. The maximum absolute atomic E-state index is 11.9. The van der Waals surface area contributed by atoms with Gasteiger partial charge in [0.15, 0.2) is 5.70 Å². The highest BCUT2D eigenvalue weighted by Gasteiger charge is 2.24. The molecule has 1 aliphatic heterocycles. The zero-order valence-corrected chi connectivity index (χ0v) is 12.5. The number of esters is 1. The van der Waals surface area contributed by atoms with Gasteiger partial charge in [-0.25, -0.2) is 9.79 Å². The van der Waals surface area contributed by atoms with Crippen LogP contribution in [0.1, 0.15) is 36.5 Å². The van der Waals surface area contributed by atoms with Crippen molar-refractivity contribution >= 4 is 17.9 Å². The summed E-state index contributed by atoms with van der Waals surface area (Å²) in [6.07, 6.45) is 5.03. The fourth-order valence-corrected chi connectivity index (χ4v) is 2.16. The molecule has 4 heteroatoms. The van der Waals surface area contributed by atoms with Crippen molar-refractivity contribution in [1.82, 2.24) is 4.98 Å². The molecule has 0 unspecified atom stereocenters. The lowest BCUT2D eigenvalue weighted by Crippen LogP contribution is -2.05. The lowest BCUT2D eigenvalue weighted by Gasteiger charge is -2.05. The highest BCUT2D eigenvalue weighted by Crippen LogP contribution is 2.21. The van der Waals surface area contributed by atoms with Crippen molar-refractivity contribution in [3.8, 4) is 0 Å². The largest absolute Gasteiger partial charge is 0.402 e. The van der Waals surface area contributed by atoms with Gasteiger partial charge < -0.3 is 4.74 Å². The van der Waals surface area contributed by atoms with E-state index in [9.17, 15) is 4.79 Å². The van der Waals surface area contributed by atoms with E-state index in [1.54, 1.807) is 18.5 Å². The van der Waals surface area contributed by atoms with Crippen LogP contribution in [-0.2, 0) is 9.53 Å². The van der Waals surface area contributed by atoms with Gasteiger partial charge in [0.2, 0.25) is 5.90 Å². The molecule has 1 aliphatic rings. The second kappa shape index (κ2) is 5.93. The molecular weight excluding hydrogens is 276 g/mol. The van der Waals surface area contributed by atoms with Gasteiger partial charge in [-0.2, -0.15) is 0 Å². The highest BCUT2D eigenvalue weighted by molar-refractivity contribution is 6.12.